The summed E-state index contributed by atoms with van der Waals surface area (Å²) >= 11 is 6.14. The number of ether oxygens (including phenoxy) is 2. The number of nitrogens with two attached hydrogens (primary N) is 1. The van der Waals surface area contributed by atoms with Crippen molar-refractivity contribution in [3.63, 3.8) is 0 Å². The van der Waals surface area contributed by atoms with Gasteiger partial charge in [-0.25, -0.2) is 9.78 Å². The number of methoxy groups -OCH3 is 1. The first kappa shape index (κ1) is 17.3. The molecule has 0 saturated carbocycles. The van der Waals surface area contributed by atoms with Gasteiger partial charge in [0.05, 0.1) is 13.5 Å². The lowest BCUT2D eigenvalue weighted by Crippen LogP contribution is -2.36. The zero-order chi connectivity index (χ0) is 17.4. The minimum atomic E-state index is -0.667. The Hall–Kier alpha value is -2.09. The second-order valence-electron chi connectivity index (χ2n) is 6.18. The van der Waals surface area contributed by atoms with E-state index in [1.807, 2.05) is 0 Å². The highest BCUT2D eigenvalue weighted by molar-refractivity contribution is 6.31. The van der Waals surface area contributed by atoms with Crippen LogP contribution in [0.4, 0.5) is 16.6 Å². The summed E-state index contributed by atoms with van der Waals surface area (Å²) in [6.45, 7) is 5.47. The average molecular weight is 343 g/mol. The lowest BCUT2D eigenvalue weighted by molar-refractivity contribution is -0.141. The molecule has 2 rings (SSSR count). The number of carbonyl (C=O) groups is 2. The Morgan fingerprint density at radius 1 is 1.39 bits per heavy atom. The second kappa shape index (κ2) is 6.19. The maximum atomic E-state index is 12.4. The number of amides is 1. The van der Waals surface area contributed by atoms with Gasteiger partial charge in [-0.15, -0.1) is 0 Å². The van der Waals surface area contributed by atoms with Gasteiger partial charge < -0.3 is 15.2 Å². The van der Waals surface area contributed by atoms with Crippen molar-refractivity contribution in [2.45, 2.75) is 38.7 Å². The Morgan fingerprint density at radius 2 is 2.04 bits per heavy atom. The molecule has 1 aliphatic heterocycles. The van der Waals surface area contributed by atoms with Crippen LogP contribution < -0.4 is 10.6 Å². The fourth-order valence-corrected chi connectivity index (χ4v) is 2.66. The molecule has 0 saturated heterocycles. The third kappa shape index (κ3) is 3.82. The molecule has 1 atom stereocenters. The number of hydrogen-bond donors (Lipinski definition) is 1. The Balaban J connectivity index is 2.38. The summed E-state index contributed by atoms with van der Waals surface area (Å²) < 4.78 is 10.0. The Morgan fingerprint density at radius 3 is 2.61 bits per heavy atom. The number of anilines is 2. The number of hydrogen-bond acceptors (Lipinski definition) is 7. The van der Waals surface area contributed by atoms with E-state index >= 15 is 0 Å². The van der Waals surface area contributed by atoms with Gasteiger partial charge in [0.15, 0.2) is 0 Å². The van der Waals surface area contributed by atoms with Crippen LogP contribution in [0.5, 0.6) is 0 Å². The van der Waals surface area contributed by atoms with Crippen molar-refractivity contribution in [3.8, 4) is 0 Å². The molecule has 8 nitrogen and oxygen atoms in total. The van der Waals surface area contributed by atoms with E-state index in [9.17, 15) is 9.59 Å². The first-order valence-corrected chi connectivity index (χ1v) is 7.40. The SMILES string of the molecule is COC(=O)C[C@@H]1CN(C(=O)OC(C)(C)C)c2nc(N)nc(Cl)c21. The summed E-state index contributed by atoms with van der Waals surface area (Å²) in [6.07, 6.45) is -0.532. The van der Waals surface area contributed by atoms with Gasteiger partial charge in [-0.3, -0.25) is 9.69 Å². The summed E-state index contributed by atoms with van der Waals surface area (Å²) in [5, 5.41) is 0.118. The smallest absolute Gasteiger partial charge is 0.416 e. The summed E-state index contributed by atoms with van der Waals surface area (Å²) in [6, 6.07) is 0. The van der Waals surface area contributed by atoms with Gasteiger partial charge in [0.1, 0.15) is 16.6 Å². The minimum absolute atomic E-state index is 0.0514. The number of rotatable bonds is 2. The summed E-state index contributed by atoms with van der Waals surface area (Å²) in [7, 11) is 1.30. The Kier molecular flexibility index (Phi) is 4.65. The van der Waals surface area contributed by atoms with E-state index in [4.69, 9.17) is 22.1 Å². The van der Waals surface area contributed by atoms with Gasteiger partial charge in [-0.1, -0.05) is 11.6 Å². The lowest BCUT2D eigenvalue weighted by Gasteiger charge is -2.24. The van der Waals surface area contributed by atoms with Crippen molar-refractivity contribution in [2.24, 2.45) is 0 Å². The third-order valence-corrected chi connectivity index (χ3v) is 3.51. The molecule has 0 spiro atoms. The third-order valence-electron chi connectivity index (χ3n) is 3.22. The highest BCUT2D eigenvalue weighted by atomic mass is 35.5. The molecule has 0 unspecified atom stereocenters. The highest BCUT2D eigenvalue weighted by Gasteiger charge is 2.39. The molecule has 1 aliphatic rings. The van der Waals surface area contributed by atoms with Gasteiger partial charge in [-0.05, 0) is 20.8 Å². The van der Waals surface area contributed by atoms with Gasteiger partial charge in [0, 0.05) is 18.0 Å². The van der Waals surface area contributed by atoms with E-state index in [1.54, 1.807) is 20.8 Å². The molecule has 1 aromatic heterocycles. The minimum Gasteiger partial charge on any atom is -0.469 e. The quantitative estimate of drug-likeness (QED) is 0.647. The van der Waals surface area contributed by atoms with Gasteiger partial charge in [-0.2, -0.15) is 4.98 Å². The van der Waals surface area contributed by atoms with E-state index in [0.29, 0.717) is 5.56 Å². The van der Waals surface area contributed by atoms with E-state index in [1.165, 1.54) is 12.0 Å². The van der Waals surface area contributed by atoms with Crippen LogP contribution in [0.3, 0.4) is 0 Å². The van der Waals surface area contributed by atoms with Crippen molar-refractivity contribution >= 4 is 35.4 Å². The van der Waals surface area contributed by atoms with E-state index in [2.05, 4.69) is 14.7 Å². The first-order valence-electron chi connectivity index (χ1n) is 7.02. The number of esters is 1. The highest BCUT2D eigenvalue weighted by Crippen LogP contribution is 2.41. The molecule has 0 aliphatic carbocycles. The molecule has 0 bridgehead atoms. The number of nitrogens with zero attached hydrogens (tertiary/aromatic N) is 3. The monoisotopic (exact) mass is 342 g/mol. The Bertz CT molecular complexity index is 644. The molecule has 1 amide bonds. The van der Waals surface area contributed by atoms with E-state index in [-0.39, 0.29) is 35.8 Å². The maximum absolute atomic E-state index is 12.4. The van der Waals surface area contributed by atoms with Crippen molar-refractivity contribution < 1.29 is 19.1 Å². The van der Waals surface area contributed by atoms with Crippen LogP contribution in [-0.4, -0.2) is 41.3 Å². The number of fused-ring (bicyclic) bond motifs is 1. The van der Waals surface area contributed by atoms with Gasteiger partial charge in [0.25, 0.3) is 0 Å². The van der Waals surface area contributed by atoms with Crippen LogP contribution in [0, 0.1) is 0 Å². The molecule has 0 radical (unpaired) electrons. The molecule has 9 heteroatoms. The Labute approximate surface area is 138 Å². The number of halogens is 1. The van der Waals surface area contributed by atoms with Crippen LogP contribution in [0.1, 0.15) is 38.7 Å². The number of carbonyl (C=O) groups excluding carboxylic acids is 2. The fraction of sp³-hybridized carbons (Fsp3) is 0.571. The number of nitrogen functional groups attached to an aromatic ring is 1. The largest absolute Gasteiger partial charge is 0.469 e. The zero-order valence-electron chi connectivity index (χ0n) is 13.4. The molecule has 2 heterocycles. The molecule has 23 heavy (non-hydrogen) atoms. The molecular formula is C14H19ClN4O4. The van der Waals surface area contributed by atoms with Crippen LogP contribution in [0.2, 0.25) is 5.15 Å². The average Bonchev–Trinajstić information content (AvgIpc) is 2.75. The van der Waals surface area contributed by atoms with Crippen molar-refractivity contribution in [1.82, 2.24) is 9.97 Å². The van der Waals surface area contributed by atoms with Crippen molar-refractivity contribution in [3.05, 3.63) is 10.7 Å². The van der Waals surface area contributed by atoms with Gasteiger partial charge in [0.2, 0.25) is 5.95 Å². The summed E-state index contributed by atoms with van der Waals surface area (Å²) in [5.41, 5.74) is 5.45. The van der Waals surface area contributed by atoms with Crippen LogP contribution in [0.25, 0.3) is 0 Å². The molecule has 0 fully saturated rings. The predicted octanol–water partition coefficient (Wildman–Crippen LogP) is 2.11. The standard InChI is InChI=1S/C14H19ClN4O4/c1-14(2,3)23-13(21)19-6-7(5-8(20)22-4)9-10(15)17-12(16)18-11(9)19/h7H,5-6H2,1-4H3,(H2,16,17,18)/t7-/m1/s1. The maximum Gasteiger partial charge on any atom is 0.416 e. The molecule has 2 N–H and O–H groups in total. The summed E-state index contributed by atoms with van der Waals surface area (Å²) in [5.74, 6) is -0.579. The van der Waals surface area contributed by atoms with Crippen molar-refractivity contribution in [2.75, 3.05) is 24.3 Å². The first-order chi connectivity index (χ1) is 10.6. The molecular weight excluding hydrogens is 324 g/mol. The van der Waals surface area contributed by atoms with E-state index < -0.39 is 17.7 Å². The lowest BCUT2D eigenvalue weighted by atomic mass is 10.0. The topological polar surface area (TPSA) is 108 Å². The van der Waals surface area contributed by atoms with Crippen molar-refractivity contribution in [1.29, 1.82) is 0 Å². The predicted molar refractivity (Wildman–Crippen MR) is 84.4 cm³/mol. The molecule has 1 aromatic rings. The molecule has 0 aromatic carbocycles. The van der Waals surface area contributed by atoms with Crippen LogP contribution >= 0.6 is 11.6 Å². The fourth-order valence-electron chi connectivity index (χ4n) is 2.33. The summed E-state index contributed by atoms with van der Waals surface area (Å²) in [4.78, 5) is 33.3. The van der Waals surface area contributed by atoms with Crippen LogP contribution in [-0.2, 0) is 14.3 Å². The van der Waals surface area contributed by atoms with Crippen LogP contribution in [0.15, 0.2) is 0 Å². The second-order valence-corrected chi connectivity index (χ2v) is 6.54. The van der Waals surface area contributed by atoms with E-state index in [0.717, 1.165) is 0 Å². The van der Waals surface area contributed by atoms with Gasteiger partial charge >= 0.3 is 12.1 Å². The molecule has 126 valence electrons. The normalized spacial score (nSPS) is 16.9. The number of aromatic nitrogens is 2. The zero-order valence-corrected chi connectivity index (χ0v) is 14.2.